The van der Waals surface area contributed by atoms with Gasteiger partial charge in [0.05, 0.1) is 17.4 Å². The number of sulfonamides is 2. The van der Waals surface area contributed by atoms with Crippen molar-refractivity contribution in [3.63, 3.8) is 0 Å². The number of Topliss-reactive ketones (excluding diaryl/α,β-unsaturated/α-hetero) is 1. The predicted octanol–water partition coefficient (Wildman–Crippen LogP) is 4.21. The van der Waals surface area contributed by atoms with E-state index in [2.05, 4.69) is 28.3 Å². The molecule has 192 valence electrons. The van der Waals surface area contributed by atoms with Crippen molar-refractivity contribution >= 4 is 48.8 Å². The quantitative estimate of drug-likeness (QED) is 0.486. The van der Waals surface area contributed by atoms with Crippen LogP contribution >= 0.6 is 0 Å². The van der Waals surface area contributed by atoms with Crippen LogP contribution in [0.3, 0.4) is 0 Å². The van der Waals surface area contributed by atoms with E-state index >= 15 is 0 Å². The SMILES string of the molecule is CCC(C)CC[C@]1(C)C(=O)C(C2=NS(=O)(=O)c3cc(NS(C)(=O)=O)ccc3N2)=C(O)c2ccccc21. The standard InChI is InChI=1S/C25H29N3O6S2/c1-5-15(2)12-13-25(3)18-9-7-6-8-17(18)22(29)21(23(25)30)24-26-19-11-10-16(27-35(4,31)32)14-20(19)36(33,34)28-24/h6-11,14-15,27,29H,5,12-13H2,1-4H3,(H,26,28)/t15?,25-/m0/s1. The van der Waals surface area contributed by atoms with Crippen LogP contribution in [0, 0.1) is 5.92 Å². The summed E-state index contributed by atoms with van der Waals surface area (Å²) >= 11 is 0. The van der Waals surface area contributed by atoms with Gasteiger partial charge in [-0.05, 0) is 49.4 Å². The van der Waals surface area contributed by atoms with Crippen molar-refractivity contribution in [3.05, 3.63) is 59.2 Å². The van der Waals surface area contributed by atoms with Crippen molar-refractivity contribution in [1.82, 2.24) is 0 Å². The molecule has 1 aliphatic heterocycles. The number of hydrogen-bond donors (Lipinski definition) is 3. The zero-order valence-corrected chi connectivity index (χ0v) is 22.1. The summed E-state index contributed by atoms with van der Waals surface area (Å²) in [6.45, 7) is 6.01. The largest absolute Gasteiger partial charge is 0.506 e. The van der Waals surface area contributed by atoms with E-state index in [0.717, 1.165) is 25.2 Å². The topological polar surface area (TPSA) is 142 Å². The first-order valence-corrected chi connectivity index (χ1v) is 14.9. The Hall–Kier alpha value is -3.18. The second-order valence-electron chi connectivity index (χ2n) is 9.61. The number of carbonyl (C=O) groups is 1. The molecule has 3 N–H and O–H groups in total. The van der Waals surface area contributed by atoms with E-state index in [9.17, 15) is 26.7 Å². The van der Waals surface area contributed by atoms with Crippen LogP contribution in [0.2, 0.25) is 0 Å². The Morgan fingerprint density at radius 1 is 1.19 bits per heavy atom. The van der Waals surface area contributed by atoms with Crippen LogP contribution < -0.4 is 10.0 Å². The predicted molar refractivity (Wildman–Crippen MR) is 140 cm³/mol. The molecule has 1 unspecified atom stereocenters. The second-order valence-corrected chi connectivity index (χ2v) is 12.9. The summed E-state index contributed by atoms with van der Waals surface area (Å²) in [5.41, 5.74) is 0.150. The van der Waals surface area contributed by atoms with E-state index < -0.39 is 31.2 Å². The number of nitrogens with zero attached hydrogens (tertiary/aromatic N) is 1. The summed E-state index contributed by atoms with van der Waals surface area (Å²) in [6.07, 6.45) is 3.21. The Kier molecular flexibility index (Phi) is 6.50. The number of nitrogens with one attached hydrogen (secondary N) is 2. The van der Waals surface area contributed by atoms with Gasteiger partial charge in [-0.15, -0.1) is 4.40 Å². The van der Waals surface area contributed by atoms with E-state index in [0.29, 0.717) is 23.5 Å². The number of fused-ring (bicyclic) bond motifs is 2. The van der Waals surface area contributed by atoms with E-state index in [-0.39, 0.29) is 33.4 Å². The molecule has 2 aromatic rings. The Morgan fingerprint density at radius 2 is 1.89 bits per heavy atom. The molecule has 0 aromatic heterocycles. The number of anilines is 2. The van der Waals surface area contributed by atoms with Crippen LogP contribution in [0.4, 0.5) is 11.4 Å². The third-order valence-electron chi connectivity index (χ3n) is 6.84. The van der Waals surface area contributed by atoms with Gasteiger partial charge in [-0.2, -0.15) is 8.42 Å². The molecule has 4 rings (SSSR count). The number of carbonyl (C=O) groups excluding carboxylic acids is 1. The van der Waals surface area contributed by atoms with Crippen molar-refractivity contribution in [2.75, 3.05) is 16.3 Å². The molecule has 2 aliphatic rings. The summed E-state index contributed by atoms with van der Waals surface area (Å²) in [5.74, 6) is -0.630. The molecule has 0 fully saturated rings. The van der Waals surface area contributed by atoms with Gasteiger partial charge in [0.25, 0.3) is 10.0 Å². The number of aliphatic hydroxyl groups is 1. The van der Waals surface area contributed by atoms with E-state index in [4.69, 9.17) is 0 Å². The van der Waals surface area contributed by atoms with Gasteiger partial charge in [-0.1, -0.05) is 44.5 Å². The second kappa shape index (κ2) is 9.04. The van der Waals surface area contributed by atoms with Gasteiger partial charge < -0.3 is 10.4 Å². The van der Waals surface area contributed by atoms with Crippen LogP contribution in [-0.2, 0) is 30.3 Å². The Morgan fingerprint density at radius 3 is 2.56 bits per heavy atom. The fraction of sp³-hybridized carbons (Fsp3) is 0.360. The first kappa shape index (κ1) is 25.9. The minimum Gasteiger partial charge on any atom is -0.506 e. The summed E-state index contributed by atoms with van der Waals surface area (Å²) in [4.78, 5) is 13.7. The van der Waals surface area contributed by atoms with Crippen LogP contribution in [0.1, 0.15) is 51.2 Å². The van der Waals surface area contributed by atoms with Gasteiger partial charge in [0.1, 0.15) is 16.2 Å². The van der Waals surface area contributed by atoms with Crippen molar-refractivity contribution in [2.24, 2.45) is 10.3 Å². The number of rotatable bonds is 7. The number of amidine groups is 1. The molecular formula is C25H29N3O6S2. The van der Waals surface area contributed by atoms with Gasteiger partial charge in [0.15, 0.2) is 11.6 Å². The fourth-order valence-corrected chi connectivity index (χ4v) is 6.27. The van der Waals surface area contributed by atoms with Crippen molar-refractivity contribution in [1.29, 1.82) is 0 Å². The van der Waals surface area contributed by atoms with Gasteiger partial charge in [-0.3, -0.25) is 9.52 Å². The van der Waals surface area contributed by atoms with Gasteiger partial charge in [0, 0.05) is 11.3 Å². The highest BCUT2D eigenvalue weighted by atomic mass is 32.2. The average molecular weight is 532 g/mol. The number of ketones is 1. The summed E-state index contributed by atoms with van der Waals surface area (Å²) in [7, 11) is -7.94. The van der Waals surface area contributed by atoms with Crippen LogP contribution in [0.25, 0.3) is 5.76 Å². The minimum atomic E-state index is -4.32. The maximum Gasteiger partial charge on any atom is 0.286 e. The normalized spacial score (nSPS) is 21.7. The lowest BCUT2D eigenvalue weighted by molar-refractivity contribution is -0.120. The molecule has 0 radical (unpaired) electrons. The molecule has 36 heavy (non-hydrogen) atoms. The molecule has 0 saturated heterocycles. The third kappa shape index (κ3) is 4.64. The highest BCUT2D eigenvalue weighted by Crippen LogP contribution is 2.44. The maximum absolute atomic E-state index is 13.9. The zero-order chi connectivity index (χ0) is 26.5. The van der Waals surface area contributed by atoms with E-state index in [1.807, 2.05) is 19.1 Å². The Balaban J connectivity index is 1.82. The molecule has 1 heterocycles. The smallest absolute Gasteiger partial charge is 0.286 e. The maximum atomic E-state index is 13.9. The number of benzene rings is 2. The molecule has 0 amide bonds. The molecule has 9 nitrogen and oxygen atoms in total. The molecule has 1 aliphatic carbocycles. The van der Waals surface area contributed by atoms with Crippen molar-refractivity contribution in [3.8, 4) is 0 Å². The highest BCUT2D eigenvalue weighted by molar-refractivity contribution is 7.92. The zero-order valence-electron chi connectivity index (χ0n) is 20.5. The molecule has 0 spiro atoms. The first-order chi connectivity index (χ1) is 16.8. The summed E-state index contributed by atoms with van der Waals surface area (Å²) in [5, 5.41) is 14.0. The van der Waals surface area contributed by atoms with E-state index in [1.54, 1.807) is 12.1 Å². The molecule has 2 aromatic carbocycles. The summed E-state index contributed by atoms with van der Waals surface area (Å²) < 4.78 is 55.4. The van der Waals surface area contributed by atoms with Crippen molar-refractivity contribution in [2.45, 2.75) is 50.3 Å². The third-order valence-corrected chi connectivity index (χ3v) is 8.76. The molecule has 2 atom stereocenters. The molecule has 11 heteroatoms. The van der Waals surface area contributed by atoms with Gasteiger partial charge in [-0.25, -0.2) is 8.42 Å². The van der Waals surface area contributed by atoms with E-state index in [1.165, 1.54) is 12.1 Å². The molecule has 0 bridgehead atoms. The van der Waals surface area contributed by atoms with Gasteiger partial charge >= 0.3 is 0 Å². The first-order valence-electron chi connectivity index (χ1n) is 11.6. The fourth-order valence-electron chi connectivity index (χ4n) is 4.56. The van der Waals surface area contributed by atoms with Crippen molar-refractivity contribution < 1.29 is 26.7 Å². The lowest BCUT2D eigenvalue weighted by Crippen LogP contribution is -2.42. The summed E-state index contributed by atoms with van der Waals surface area (Å²) in [6, 6.07) is 11.0. The van der Waals surface area contributed by atoms with Crippen LogP contribution in [0.5, 0.6) is 0 Å². The minimum absolute atomic E-state index is 0.0580. The highest BCUT2D eigenvalue weighted by Gasteiger charge is 2.46. The Labute approximate surface area is 211 Å². The van der Waals surface area contributed by atoms with Crippen LogP contribution in [0.15, 0.2) is 57.3 Å². The number of aliphatic hydroxyl groups excluding tert-OH is 1. The Bertz CT molecular complexity index is 1530. The lowest BCUT2D eigenvalue weighted by Gasteiger charge is -2.36. The average Bonchev–Trinajstić information content (AvgIpc) is 2.80. The molecule has 0 saturated carbocycles. The lowest BCUT2D eigenvalue weighted by atomic mass is 9.66. The molecular weight excluding hydrogens is 502 g/mol. The monoisotopic (exact) mass is 531 g/mol. The number of hydrogen-bond acceptors (Lipinski definition) is 7. The van der Waals surface area contributed by atoms with Crippen LogP contribution in [-0.4, -0.2) is 39.8 Å². The van der Waals surface area contributed by atoms with Gasteiger partial charge in [0.2, 0.25) is 10.0 Å².